The van der Waals surface area contributed by atoms with Crippen molar-refractivity contribution in [1.29, 1.82) is 5.26 Å². The van der Waals surface area contributed by atoms with E-state index in [9.17, 15) is 9.90 Å². The first kappa shape index (κ1) is 14.5. The number of aliphatic carboxylic acids is 1. The first-order valence-electron chi connectivity index (χ1n) is 5.71. The molecule has 0 unspecified atom stereocenters. The molecule has 2 N–H and O–H groups in total. The van der Waals surface area contributed by atoms with E-state index in [1.807, 2.05) is 13.8 Å². The molecule has 1 aromatic rings. The van der Waals surface area contributed by atoms with Gasteiger partial charge >= 0.3 is 5.97 Å². The number of carboxylic acids is 1. The van der Waals surface area contributed by atoms with Crippen molar-refractivity contribution < 1.29 is 9.90 Å². The molecule has 0 aromatic heterocycles. The summed E-state index contributed by atoms with van der Waals surface area (Å²) in [6.45, 7) is 3.63. The Bertz CT molecular complexity index is 490. The summed E-state index contributed by atoms with van der Waals surface area (Å²) >= 11 is 3.29. The average molecular weight is 311 g/mol. The maximum atomic E-state index is 11.4. The summed E-state index contributed by atoms with van der Waals surface area (Å²) in [4.78, 5) is 11.4. The summed E-state index contributed by atoms with van der Waals surface area (Å²) in [6.07, 6.45) is 0.881. The van der Waals surface area contributed by atoms with Gasteiger partial charge in [0.2, 0.25) is 0 Å². The average Bonchev–Trinajstić information content (AvgIpc) is 2.35. The number of rotatable bonds is 5. The molecule has 0 radical (unpaired) electrons. The van der Waals surface area contributed by atoms with Gasteiger partial charge in [-0.1, -0.05) is 19.9 Å². The Morgan fingerprint density at radius 3 is 2.56 bits per heavy atom. The molecule has 0 aliphatic heterocycles. The van der Waals surface area contributed by atoms with Gasteiger partial charge in [0.25, 0.3) is 0 Å². The summed E-state index contributed by atoms with van der Waals surface area (Å²) < 4.78 is 0.654. The summed E-state index contributed by atoms with van der Waals surface area (Å²) in [5.74, 6) is -0.906. The smallest absolute Gasteiger partial charge is 0.329 e. The molecular formula is C13H15BrN2O2. The van der Waals surface area contributed by atoms with Crippen molar-refractivity contribution in [2.45, 2.75) is 32.2 Å². The van der Waals surface area contributed by atoms with Gasteiger partial charge < -0.3 is 10.4 Å². The monoisotopic (exact) mass is 310 g/mol. The number of halogens is 1. The van der Waals surface area contributed by atoms with E-state index in [0.717, 1.165) is 0 Å². The van der Waals surface area contributed by atoms with E-state index in [2.05, 4.69) is 27.3 Å². The Labute approximate surface area is 115 Å². The third-order valence-corrected chi connectivity index (χ3v) is 3.78. The molecule has 5 heteroatoms. The number of hydrogen-bond donors (Lipinski definition) is 2. The molecule has 0 saturated heterocycles. The molecule has 0 heterocycles. The van der Waals surface area contributed by atoms with E-state index in [-0.39, 0.29) is 0 Å². The third-order valence-electron chi connectivity index (χ3n) is 3.12. The lowest BCUT2D eigenvalue weighted by atomic mass is 9.92. The molecule has 0 saturated carbocycles. The lowest BCUT2D eigenvalue weighted by Crippen LogP contribution is -2.45. The van der Waals surface area contributed by atoms with E-state index < -0.39 is 11.5 Å². The Balaban J connectivity index is 3.21. The minimum Gasteiger partial charge on any atom is -0.480 e. The van der Waals surface area contributed by atoms with Crippen LogP contribution in [0.25, 0.3) is 0 Å². The lowest BCUT2D eigenvalue weighted by molar-refractivity contribution is -0.142. The lowest BCUT2D eigenvalue weighted by Gasteiger charge is -2.29. The number of nitrogens with zero attached hydrogens (tertiary/aromatic N) is 1. The fraction of sp³-hybridized carbons (Fsp3) is 0.385. The van der Waals surface area contributed by atoms with Crippen LogP contribution in [0.3, 0.4) is 0 Å². The Hall–Kier alpha value is -1.54. The van der Waals surface area contributed by atoms with Gasteiger partial charge in [0.1, 0.15) is 11.6 Å². The van der Waals surface area contributed by atoms with Crippen molar-refractivity contribution in [3.05, 3.63) is 28.2 Å². The number of anilines is 1. The van der Waals surface area contributed by atoms with Gasteiger partial charge in [0.05, 0.1) is 11.3 Å². The van der Waals surface area contributed by atoms with Gasteiger partial charge in [-0.25, -0.2) is 4.79 Å². The van der Waals surface area contributed by atoms with Crippen LogP contribution < -0.4 is 5.32 Å². The molecule has 96 valence electrons. The van der Waals surface area contributed by atoms with Crippen molar-refractivity contribution in [2.75, 3.05) is 5.32 Å². The van der Waals surface area contributed by atoms with Gasteiger partial charge in [-0.15, -0.1) is 0 Å². The topological polar surface area (TPSA) is 73.1 Å². The van der Waals surface area contributed by atoms with Crippen LogP contribution >= 0.6 is 15.9 Å². The first-order chi connectivity index (χ1) is 8.50. The van der Waals surface area contributed by atoms with Crippen LogP contribution in [0.15, 0.2) is 22.7 Å². The number of carboxylic acid groups (broad SMARTS) is 1. The Morgan fingerprint density at radius 1 is 1.50 bits per heavy atom. The minimum absolute atomic E-state index is 0.421. The van der Waals surface area contributed by atoms with Crippen LogP contribution in [0.1, 0.15) is 32.3 Å². The zero-order valence-corrected chi connectivity index (χ0v) is 11.9. The van der Waals surface area contributed by atoms with Crippen LogP contribution in [0.4, 0.5) is 5.69 Å². The quantitative estimate of drug-likeness (QED) is 0.874. The molecule has 0 aliphatic rings. The van der Waals surface area contributed by atoms with Gasteiger partial charge in [-0.2, -0.15) is 5.26 Å². The summed E-state index contributed by atoms with van der Waals surface area (Å²) in [7, 11) is 0. The fourth-order valence-corrected chi connectivity index (χ4v) is 2.24. The minimum atomic E-state index is -1.04. The van der Waals surface area contributed by atoms with Crippen molar-refractivity contribution in [3.63, 3.8) is 0 Å². The van der Waals surface area contributed by atoms with Crippen molar-refractivity contribution in [1.82, 2.24) is 0 Å². The molecule has 0 fully saturated rings. The highest BCUT2D eigenvalue weighted by Gasteiger charge is 2.35. The zero-order valence-electron chi connectivity index (χ0n) is 10.3. The SMILES string of the molecule is CCC(CC)(Nc1cccc(Br)c1C#N)C(=O)O. The molecule has 18 heavy (non-hydrogen) atoms. The van der Waals surface area contributed by atoms with Crippen LogP contribution in [0.2, 0.25) is 0 Å². The molecule has 0 spiro atoms. The van der Waals surface area contributed by atoms with E-state index >= 15 is 0 Å². The van der Waals surface area contributed by atoms with Crippen LogP contribution in [0.5, 0.6) is 0 Å². The highest BCUT2D eigenvalue weighted by atomic mass is 79.9. The molecule has 0 aliphatic carbocycles. The van der Waals surface area contributed by atoms with Gasteiger partial charge in [-0.05, 0) is 40.9 Å². The summed E-state index contributed by atoms with van der Waals surface area (Å²) in [5.41, 5.74) is -0.0742. The Kier molecular flexibility index (Phi) is 4.74. The van der Waals surface area contributed by atoms with E-state index in [1.54, 1.807) is 18.2 Å². The number of carbonyl (C=O) groups is 1. The molecule has 1 aromatic carbocycles. The van der Waals surface area contributed by atoms with Crippen molar-refractivity contribution >= 4 is 27.6 Å². The largest absolute Gasteiger partial charge is 0.480 e. The van der Waals surface area contributed by atoms with E-state index in [1.165, 1.54) is 0 Å². The number of nitriles is 1. The normalized spacial score (nSPS) is 10.8. The van der Waals surface area contributed by atoms with Gasteiger partial charge in [0, 0.05) is 4.47 Å². The predicted molar refractivity (Wildman–Crippen MR) is 73.4 cm³/mol. The molecule has 4 nitrogen and oxygen atoms in total. The second-order valence-electron chi connectivity index (χ2n) is 3.99. The van der Waals surface area contributed by atoms with Crippen LogP contribution in [-0.4, -0.2) is 16.6 Å². The van der Waals surface area contributed by atoms with Crippen molar-refractivity contribution in [2.24, 2.45) is 0 Å². The highest BCUT2D eigenvalue weighted by molar-refractivity contribution is 9.10. The number of hydrogen-bond acceptors (Lipinski definition) is 3. The fourth-order valence-electron chi connectivity index (χ4n) is 1.78. The maximum absolute atomic E-state index is 11.4. The van der Waals surface area contributed by atoms with E-state index in [4.69, 9.17) is 5.26 Å². The van der Waals surface area contributed by atoms with Crippen molar-refractivity contribution in [3.8, 4) is 6.07 Å². The summed E-state index contributed by atoms with van der Waals surface area (Å²) in [6, 6.07) is 7.31. The zero-order chi connectivity index (χ0) is 13.8. The summed E-state index contributed by atoms with van der Waals surface area (Å²) in [5, 5.41) is 21.5. The van der Waals surface area contributed by atoms with E-state index in [0.29, 0.717) is 28.6 Å². The third kappa shape index (κ3) is 2.65. The Morgan fingerprint density at radius 2 is 2.11 bits per heavy atom. The molecule has 0 bridgehead atoms. The highest BCUT2D eigenvalue weighted by Crippen LogP contribution is 2.29. The number of nitrogens with one attached hydrogen (secondary N) is 1. The molecular weight excluding hydrogens is 296 g/mol. The van der Waals surface area contributed by atoms with Crippen LogP contribution in [0, 0.1) is 11.3 Å². The predicted octanol–water partition coefficient (Wildman–Crippen LogP) is 3.38. The molecule has 1 rings (SSSR count). The second kappa shape index (κ2) is 5.87. The molecule has 0 atom stereocenters. The van der Waals surface area contributed by atoms with Crippen LogP contribution in [-0.2, 0) is 4.79 Å². The first-order valence-corrected chi connectivity index (χ1v) is 6.50. The molecule has 0 amide bonds. The van der Waals surface area contributed by atoms with Gasteiger partial charge in [-0.3, -0.25) is 0 Å². The maximum Gasteiger partial charge on any atom is 0.329 e. The number of benzene rings is 1. The second-order valence-corrected chi connectivity index (χ2v) is 4.85. The standard InChI is InChI=1S/C13H15BrN2O2/c1-3-13(4-2,12(17)18)16-11-7-5-6-10(14)9(11)8-15/h5-7,16H,3-4H2,1-2H3,(H,17,18). The van der Waals surface area contributed by atoms with Gasteiger partial charge in [0.15, 0.2) is 0 Å².